The summed E-state index contributed by atoms with van der Waals surface area (Å²) in [5.41, 5.74) is 0.884. The van der Waals surface area contributed by atoms with Crippen LogP contribution in [0.15, 0.2) is 22.7 Å². The van der Waals surface area contributed by atoms with Crippen LogP contribution in [0, 0.1) is 11.7 Å². The van der Waals surface area contributed by atoms with E-state index in [2.05, 4.69) is 21.2 Å². The SMILES string of the molecule is Fc1cc(NCC2CCCCCC2)ccc1Br. The van der Waals surface area contributed by atoms with Gasteiger partial charge in [0, 0.05) is 12.2 Å². The van der Waals surface area contributed by atoms with Gasteiger partial charge < -0.3 is 5.32 Å². The van der Waals surface area contributed by atoms with Crippen molar-refractivity contribution in [1.82, 2.24) is 0 Å². The molecule has 1 aliphatic rings. The number of hydrogen-bond acceptors (Lipinski definition) is 1. The molecular formula is C14H19BrFN. The molecule has 0 aliphatic heterocycles. The number of rotatable bonds is 3. The van der Waals surface area contributed by atoms with Gasteiger partial charge in [-0.25, -0.2) is 4.39 Å². The van der Waals surface area contributed by atoms with Gasteiger partial charge in [0.15, 0.2) is 0 Å². The Balaban J connectivity index is 1.85. The minimum atomic E-state index is -0.198. The predicted molar refractivity (Wildman–Crippen MR) is 73.8 cm³/mol. The molecule has 1 fully saturated rings. The summed E-state index contributed by atoms with van der Waals surface area (Å²) in [6, 6.07) is 5.23. The minimum Gasteiger partial charge on any atom is -0.385 e. The highest BCUT2D eigenvalue weighted by Crippen LogP contribution is 2.24. The molecule has 1 aromatic rings. The Bertz CT molecular complexity index is 359. The van der Waals surface area contributed by atoms with Gasteiger partial charge in [-0.15, -0.1) is 0 Å². The summed E-state index contributed by atoms with van der Waals surface area (Å²) in [4.78, 5) is 0. The van der Waals surface area contributed by atoms with Crippen molar-refractivity contribution >= 4 is 21.6 Å². The molecule has 17 heavy (non-hydrogen) atoms. The third-order valence-corrected chi connectivity index (χ3v) is 4.13. The van der Waals surface area contributed by atoms with Crippen LogP contribution in [-0.2, 0) is 0 Å². The smallest absolute Gasteiger partial charge is 0.139 e. The van der Waals surface area contributed by atoms with E-state index in [0.29, 0.717) is 4.47 Å². The molecule has 0 atom stereocenters. The summed E-state index contributed by atoms with van der Waals surface area (Å²) >= 11 is 3.16. The Morgan fingerprint density at radius 2 is 1.88 bits per heavy atom. The van der Waals surface area contributed by atoms with Crippen molar-refractivity contribution in [2.75, 3.05) is 11.9 Å². The first-order valence-electron chi connectivity index (χ1n) is 6.44. The fraction of sp³-hybridized carbons (Fsp3) is 0.571. The van der Waals surface area contributed by atoms with Gasteiger partial charge in [-0.1, -0.05) is 25.7 Å². The van der Waals surface area contributed by atoms with Gasteiger partial charge in [0.05, 0.1) is 4.47 Å². The van der Waals surface area contributed by atoms with Crippen LogP contribution in [0.3, 0.4) is 0 Å². The van der Waals surface area contributed by atoms with E-state index < -0.39 is 0 Å². The second-order valence-corrected chi connectivity index (χ2v) is 5.72. The highest BCUT2D eigenvalue weighted by atomic mass is 79.9. The molecule has 3 heteroatoms. The van der Waals surface area contributed by atoms with Crippen LogP contribution in [0.4, 0.5) is 10.1 Å². The van der Waals surface area contributed by atoms with E-state index in [4.69, 9.17) is 0 Å². The number of anilines is 1. The Morgan fingerprint density at radius 3 is 2.53 bits per heavy atom. The molecular weight excluding hydrogens is 281 g/mol. The molecule has 1 saturated carbocycles. The van der Waals surface area contributed by atoms with E-state index in [9.17, 15) is 4.39 Å². The summed E-state index contributed by atoms with van der Waals surface area (Å²) in [5.74, 6) is 0.556. The van der Waals surface area contributed by atoms with E-state index in [1.807, 2.05) is 6.07 Å². The van der Waals surface area contributed by atoms with E-state index in [1.165, 1.54) is 38.5 Å². The first-order chi connectivity index (χ1) is 8.25. The van der Waals surface area contributed by atoms with E-state index in [1.54, 1.807) is 12.1 Å². The Morgan fingerprint density at radius 1 is 1.18 bits per heavy atom. The highest BCUT2D eigenvalue weighted by Gasteiger charge is 2.12. The fourth-order valence-electron chi connectivity index (χ4n) is 2.44. The Hall–Kier alpha value is -0.570. The van der Waals surface area contributed by atoms with Gasteiger partial charge in [-0.2, -0.15) is 0 Å². The molecule has 2 rings (SSSR count). The lowest BCUT2D eigenvalue weighted by Gasteiger charge is -2.15. The van der Waals surface area contributed by atoms with Crippen molar-refractivity contribution in [3.8, 4) is 0 Å². The summed E-state index contributed by atoms with van der Waals surface area (Å²) in [7, 11) is 0. The van der Waals surface area contributed by atoms with Crippen molar-refractivity contribution in [2.24, 2.45) is 5.92 Å². The van der Waals surface area contributed by atoms with Gasteiger partial charge in [0.25, 0.3) is 0 Å². The summed E-state index contributed by atoms with van der Waals surface area (Å²) in [6.07, 6.45) is 8.08. The van der Waals surface area contributed by atoms with Crippen molar-refractivity contribution in [1.29, 1.82) is 0 Å². The zero-order valence-electron chi connectivity index (χ0n) is 10.0. The zero-order chi connectivity index (χ0) is 12.1. The van der Waals surface area contributed by atoms with Crippen molar-refractivity contribution in [3.63, 3.8) is 0 Å². The van der Waals surface area contributed by atoms with Crippen LogP contribution in [0.25, 0.3) is 0 Å². The minimum absolute atomic E-state index is 0.198. The highest BCUT2D eigenvalue weighted by molar-refractivity contribution is 9.10. The van der Waals surface area contributed by atoms with Crippen LogP contribution in [0.5, 0.6) is 0 Å². The molecule has 0 amide bonds. The summed E-state index contributed by atoms with van der Waals surface area (Å²) < 4.78 is 13.8. The monoisotopic (exact) mass is 299 g/mol. The summed E-state index contributed by atoms with van der Waals surface area (Å²) in [6.45, 7) is 0.973. The Kier molecular flexibility index (Phi) is 4.84. The first kappa shape index (κ1) is 12.9. The number of nitrogens with one attached hydrogen (secondary N) is 1. The molecule has 1 aromatic carbocycles. The Labute approximate surface area is 111 Å². The third-order valence-electron chi connectivity index (χ3n) is 3.49. The standard InChI is InChI=1S/C14H19BrFN/c15-13-8-7-12(9-14(13)16)17-10-11-5-3-1-2-4-6-11/h7-9,11,17H,1-6,10H2. The molecule has 0 unspecified atom stereocenters. The molecule has 0 aromatic heterocycles. The largest absolute Gasteiger partial charge is 0.385 e. The fourth-order valence-corrected chi connectivity index (χ4v) is 2.68. The first-order valence-corrected chi connectivity index (χ1v) is 7.24. The lowest BCUT2D eigenvalue weighted by Crippen LogP contribution is -2.13. The maximum absolute atomic E-state index is 13.3. The van der Waals surface area contributed by atoms with Gasteiger partial charge in [-0.05, 0) is 52.9 Å². The number of halogens is 2. The lowest BCUT2D eigenvalue weighted by molar-refractivity contribution is 0.483. The quantitative estimate of drug-likeness (QED) is 0.777. The topological polar surface area (TPSA) is 12.0 Å². The molecule has 0 heterocycles. The maximum Gasteiger partial charge on any atom is 0.139 e. The van der Waals surface area contributed by atoms with Gasteiger partial charge >= 0.3 is 0 Å². The second-order valence-electron chi connectivity index (χ2n) is 4.87. The molecule has 1 N–H and O–H groups in total. The van der Waals surface area contributed by atoms with Crippen LogP contribution < -0.4 is 5.32 Å². The average molecular weight is 300 g/mol. The lowest BCUT2D eigenvalue weighted by atomic mass is 10.0. The van der Waals surface area contributed by atoms with Gasteiger partial charge in [0.1, 0.15) is 5.82 Å². The third kappa shape index (κ3) is 3.98. The second kappa shape index (κ2) is 6.39. The number of benzene rings is 1. The van der Waals surface area contributed by atoms with E-state index in [-0.39, 0.29) is 5.82 Å². The van der Waals surface area contributed by atoms with Crippen molar-refractivity contribution in [2.45, 2.75) is 38.5 Å². The van der Waals surface area contributed by atoms with Crippen LogP contribution in [0.2, 0.25) is 0 Å². The zero-order valence-corrected chi connectivity index (χ0v) is 11.6. The van der Waals surface area contributed by atoms with Gasteiger partial charge in [-0.3, -0.25) is 0 Å². The van der Waals surface area contributed by atoms with Crippen molar-refractivity contribution < 1.29 is 4.39 Å². The molecule has 1 nitrogen and oxygen atoms in total. The van der Waals surface area contributed by atoms with E-state index in [0.717, 1.165) is 18.2 Å². The van der Waals surface area contributed by atoms with E-state index >= 15 is 0 Å². The molecule has 94 valence electrons. The van der Waals surface area contributed by atoms with Crippen LogP contribution in [-0.4, -0.2) is 6.54 Å². The molecule has 0 radical (unpaired) electrons. The van der Waals surface area contributed by atoms with Crippen molar-refractivity contribution in [3.05, 3.63) is 28.5 Å². The average Bonchev–Trinajstić information content (AvgIpc) is 2.59. The maximum atomic E-state index is 13.3. The van der Waals surface area contributed by atoms with Crippen LogP contribution in [0.1, 0.15) is 38.5 Å². The molecule has 0 bridgehead atoms. The molecule has 1 aliphatic carbocycles. The van der Waals surface area contributed by atoms with Crippen LogP contribution >= 0.6 is 15.9 Å². The number of hydrogen-bond donors (Lipinski definition) is 1. The van der Waals surface area contributed by atoms with Gasteiger partial charge in [0.2, 0.25) is 0 Å². The predicted octanol–water partition coefficient (Wildman–Crippen LogP) is 4.97. The normalized spacial score (nSPS) is 17.8. The summed E-state index contributed by atoms with van der Waals surface area (Å²) in [5, 5.41) is 3.35. The molecule has 0 saturated heterocycles. The molecule has 0 spiro atoms.